The number of pyridine rings is 1. The van der Waals surface area contributed by atoms with E-state index in [1.165, 1.54) is 11.6 Å². The lowest BCUT2D eigenvalue weighted by Gasteiger charge is -2.32. The van der Waals surface area contributed by atoms with Gasteiger partial charge in [0, 0.05) is 37.9 Å². The smallest absolute Gasteiger partial charge is 0.304 e. The predicted molar refractivity (Wildman–Crippen MR) is 96.9 cm³/mol. The zero-order valence-electron chi connectivity index (χ0n) is 15.0. The maximum Gasteiger partial charge on any atom is 0.417 e. The number of halogens is 3. The molecule has 0 amide bonds. The second-order valence-electron chi connectivity index (χ2n) is 6.88. The van der Waals surface area contributed by atoms with Crippen LogP contribution in [0.3, 0.4) is 0 Å². The highest BCUT2D eigenvalue weighted by Gasteiger charge is 2.30. The topological polar surface area (TPSA) is 19.4 Å². The summed E-state index contributed by atoms with van der Waals surface area (Å²) in [5, 5.41) is 0. The van der Waals surface area contributed by atoms with Crippen molar-refractivity contribution in [1.29, 1.82) is 0 Å². The van der Waals surface area contributed by atoms with Crippen LogP contribution in [-0.2, 0) is 12.6 Å². The molecule has 2 aromatic rings. The lowest BCUT2D eigenvalue weighted by atomic mass is 10.0. The van der Waals surface area contributed by atoms with Gasteiger partial charge >= 0.3 is 6.18 Å². The molecule has 1 aliphatic rings. The van der Waals surface area contributed by atoms with E-state index in [0.717, 1.165) is 63.4 Å². The number of likely N-dealkylation sites (N-methyl/N-ethyl adjacent to an activating group) is 1. The second-order valence-corrected chi connectivity index (χ2v) is 6.88. The van der Waals surface area contributed by atoms with Crippen molar-refractivity contribution in [2.45, 2.75) is 19.0 Å². The molecule has 0 atom stereocenters. The molecule has 0 N–H and O–H groups in total. The standard InChI is InChI=1S/C20H24F3N3/c1-25-11-13-26(14-12-25)10-2-3-16-4-6-17(7-5-16)19-9-8-18(15-24-19)20(21,22)23/h4-9,15H,2-3,10-14H2,1H3. The molecule has 0 unspecified atom stereocenters. The fraction of sp³-hybridized carbons (Fsp3) is 0.450. The minimum atomic E-state index is -4.35. The van der Waals surface area contributed by atoms with Crippen LogP contribution in [0, 0.1) is 0 Å². The quantitative estimate of drug-likeness (QED) is 0.802. The minimum Gasteiger partial charge on any atom is -0.304 e. The summed E-state index contributed by atoms with van der Waals surface area (Å²) in [6.07, 6.45) is -1.34. The molecule has 140 valence electrons. The molecular weight excluding hydrogens is 339 g/mol. The fourth-order valence-electron chi connectivity index (χ4n) is 3.15. The van der Waals surface area contributed by atoms with Crippen molar-refractivity contribution in [3.8, 4) is 11.3 Å². The number of piperazine rings is 1. The Hall–Kier alpha value is -1.92. The van der Waals surface area contributed by atoms with Crippen molar-refractivity contribution in [1.82, 2.24) is 14.8 Å². The normalized spacial score (nSPS) is 16.8. The third kappa shape index (κ3) is 5.05. The summed E-state index contributed by atoms with van der Waals surface area (Å²) in [5.74, 6) is 0. The molecule has 1 aliphatic heterocycles. The number of benzene rings is 1. The Morgan fingerprint density at radius 1 is 0.962 bits per heavy atom. The molecule has 0 aliphatic carbocycles. The first-order chi connectivity index (χ1) is 12.4. The van der Waals surface area contributed by atoms with Gasteiger partial charge in [-0.25, -0.2) is 0 Å². The van der Waals surface area contributed by atoms with Crippen LogP contribution >= 0.6 is 0 Å². The SMILES string of the molecule is CN1CCN(CCCc2ccc(-c3ccc(C(F)(F)F)cn3)cc2)CC1. The molecule has 3 nitrogen and oxygen atoms in total. The zero-order chi connectivity index (χ0) is 18.6. The van der Waals surface area contributed by atoms with Crippen molar-refractivity contribution in [2.24, 2.45) is 0 Å². The lowest BCUT2D eigenvalue weighted by molar-refractivity contribution is -0.137. The molecule has 3 rings (SSSR count). The van der Waals surface area contributed by atoms with Crippen LogP contribution in [0.15, 0.2) is 42.6 Å². The van der Waals surface area contributed by atoms with Gasteiger partial charge < -0.3 is 9.80 Å². The van der Waals surface area contributed by atoms with Gasteiger partial charge in [0.2, 0.25) is 0 Å². The van der Waals surface area contributed by atoms with Crippen molar-refractivity contribution in [3.63, 3.8) is 0 Å². The maximum atomic E-state index is 12.6. The number of hydrogen-bond acceptors (Lipinski definition) is 3. The van der Waals surface area contributed by atoms with Crippen LogP contribution in [-0.4, -0.2) is 54.6 Å². The molecule has 1 aromatic heterocycles. The Bertz CT molecular complexity index is 688. The first kappa shape index (κ1) is 18.9. The first-order valence-electron chi connectivity index (χ1n) is 8.95. The number of hydrogen-bond donors (Lipinski definition) is 0. The maximum absolute atomic E-state index is 12.6. The van der Waals surface area contributed by atoms with Crippen molar-refractivity contribution in [2.75, 3.05) is 39.8 Å². The molecule has 26 heavy (non-hydrogen) atoms. The van der Waals surface area contributed by atoms with Gasteiger partial charge in [-0.15, -0.1) is 0 Å². The summed E-state index contributed by atoms with van der Waals surface area (Å²) in [6, 6.07) is 10.4. The largest absolute Gasteiger partial charge is 0.417 e. The van der Waals surface area contributed by atoms with E-state index in [1.54, 1.807) is 0 Å². The van der Waals surface area contributed by atoms with Crippen LogP contribution in [0.25, 0.3) is 11.3 Å². The monoisotopic (exact) mass is 363 g/mol. The Labute approximate surface area is 152 Å². The second kappa shape index (κ2) is 8.18. The van der Waals surface area contributed by atoms with E-state index < -0.39 is 11.7 Å². The van der Waals surface area contributed by atoms with E-state index in [2.05, 4.69) is 21.8 Å². The van der Waals surface area contributed by atoms with Gasteiger partial charge in [0.15, 0.2) is 0 Å². The van der Waals surface area contributed by atoms with Gasteiger partial charge in [-0.3, -0.25) is 4.98 Å². The van der Waals surface area contributed by atoms with Crippen LogP contribution in [0.2, 0.25) is 0 Å². The summed E-state index contributed by atoms with van der Waals surface area (Å²) >= 11 is 0. The number of alkyl halides is 3. The number of aryl methyl sites for hydroxylation is 1. The number of aromatic nitrogens is 1. The Morgan fingerprint density at radius 2 is 1.65 bits per heavy atom. The van der Waals surface area contributed by atoms with Crippen molar-refractivity contribution in [3.05, 3.63) is 53.7 Å². The van der Waals surface area contributed by atoms with Crippen LogP contribution in [0.1, 0.15) is 17.5 Å². The Balaban J connectivity index is 1.52. The third-order valence-electron chi connectivity index (χ3n) is 4.88. The summed E-state index contributed by atoms with van der Waals surface area (Å²) in [5.41, 5.74) is 1.92. The average Bonchev–Trinajstić information content (AvgIpc) is 2.63. The average molecular weight is 363 g/mol. The van der Waals surface area contributed by atoms with Crippen molar-refractivity contribution >= 4 is 0 Å². The lowest BCUT2D eigenvalue weighted by Crippen LogP contribution is -2.44. The van der Waals surface area contributed by atoms with Gasteiger partial charge in [-0.2, -0.15) is 13.2 Å². The molecule has 0 radical (unpaired) electrons. The highest BCUT2D eigenvalue weighted by atomic mass is 19.4. The molecule has 6 heteroatoms. The molecule has 1 saturated heterocycles. The molecular formula is C20H24F3N3. The Kier molecular flexibility index (Phi) is 5.94. The van der Waals surface area contributed by atoms with E-state index in [-0.39, 0.29) is 0 Å². The zero-order valence-corrected chi connectivity index (χ0v) is 15.0. The molecule has 0 saturated carbocycles. The van der Waals surface area contributed by atoms with Gasteiger partial charge in [0.25, 0.3) is 0 Å². The molecule has 2 heterocycles. The predicted octanol–water partition coefficient (Wildman–Crippen LogP) is 3.95. The third-order valence-corrected chi connectivity index (χ3v) is 4.88. The minimum absolute atomic E-state index is 0.557. The van der Waals surface area contributed by atoms with Gasteiger partial charge in [0.1, 0.15) is 0 Å². The Morgan fingerprint density at radius 3 is 2.23 bits per heavy atom. The van der Waals surface area contributed by atoms with Crippen molar-refractivity contribution < 1.29 is 13.2 Å². The highest BCUT2D eigenvalue weighted by Crippen LogP contribution is 2.29. The van der Waals surface area contributed by atoms with Gasteiger partial charge in [-0.05, 0) is 44.1 Å². The first-order valence-corrected chi connectivity index (χ1v) is 8.95. The fourth-order valence-corrected chi connectivity index (χ4v) is 3.15. The van der Waals surface area contributed by atoms with E-state index in [4.69, 9.17) is 0 Å². The highest BCUT2D eigenvalue weighted by molar-refractivity contribution is 5.59. The number of nitrogens with zero attached hydrogens (tertiary/aromatic N) is 3. The van der Waals surface area contributed by atoms with Gasteiger partial charge in [0.05, 0.1) is 11.3 Å². The molecule has 0 bridgehead atoms. The van der Waals surface area contributed by atoms with E-state index >= 15 is 0 Å². The van der Waals surface area contributed by atoms with E-state index in [1.807, 2.05) is 24.3 Å². The molecule has 1 fully saturated rings. The summed E-state index contributed by atoms with van der Waals surface area (Å²) < 4.78 is 37.8. The number of rotatable bonds is 5. The molecule has 1 aromatic carbocycles. The molecule has 0 spiro atoms. The van der Waals surface area contributed by atoms with Crippen LogP contribution in [0.4, 0.5) is 13.2 Å². The van der Waals surface area contributed by atoms with Gasteiger partial charge in [-0.1, -0.05) is 24.3 Å². The summed E-state index contributed by atoms with van der Waals surface area (Å²) in [6.45, 7) is 5.64. The van der Waals surface area contributed by atoms with E-state index in [9.17, 15) is 13.2 Å². The van der Waals surface area contributed by atoms with E-state index in [0.29, 0.717) is 5.69 Å². The van der Waals surface area contributed by atoms with Crippen LogP contribution < -0.4 is 0 Å². The van der Waals surface area contributed by atoms with Crippen LogP contribution in [0.5, 0.6) is 0 Å². The summed E-state index contributed by atoms with van der Waals surface area (Å²) in [7, 11) is 2.16. The summed E-state index contributed by atoms with van der Waals surface area (Å²) in [4.78, 5) is 8.80.